The maximum absolute atomic E-state index is 12.7. The number of nitrogens with two attached hydrogens (primary N) is 1. The topological polar surface area (TPSA) is 149 Å². The van der Waals surface area contributed by atoms with E-state index in [1.807, 2.05) is 13.8 Å². The first-order valence-corrected chi connectivity index (χ1v) is 9.55. The Morgan fingerprint density at radius 1 is 1.20 bits per heavy atom. The molecule has 0 bridgehead atoms. The van der Waals surface area contributed by atoms with Gasteiger partial charge in [0, 0.05) is 24.8 Å². The fourth-order valence-electron chi connectivity index (χ4n) is 3.46. The predicted octanol–water partition coefficient (Wildman–Crippen LogP) is 0.823. The average molecular weight is 420 g/mol. The zero-order valence-electron chi connectivity index (χ0n) is 18.0. The lowest BCUT2D eigenvalue weighted by molar-refractivity contribution is 0.0468. The molecule has 2 aromatic rings. The van der Waals surface area contributed by atoms with Crippen LogP contribution in [0.3, 0.4) is 0 Å². The van der Waals surface area contributed by atoms with Gasteiger partial charge >= 0.3 is 11.7 Å². The number of aryl methyl sites for hydroxylation is 1. The van der Waals surface area contributed by atoms with E-state index in [0.717, 1.165) is 9.13 Å². The first kappa shape index (κ1) is 23.1. The van der Waals surface area contributed by atoms with Crippen LogP contribution in [0, 0.1) is 19.8 Å². The number of esters is 1. The molecule has 0 aliphatic heterocycles. The summed E-state index contributed by atoms with van der Waals surface area (Å²) in [6.45, 7) is 8.16. The molecule has 0 radical (unpaired) electrons. The van der Waals surface area contributed by atoms with Crippen molar-refractivity contribution in [1.29, 1.82) is 0 Å². The minimum Gasteiger partial charge on any atom is -0.453 e. The number of aliphatic hydroxyl groups is 1. The van der Waals surface area contributed by atoms with Crippen LogP contribution in [0.1, 0.15) is 64.5 Å². The Morgan fingerprint density at radius 2 is 1.80 bits per heavy atom. The number of nitrogen functional groups attached to an aromatic ring is 1. The van der Waals surface area contributed by atoms with Crippen LogP contribution in [0.25, 0.3) is 0 Å². The minimum atomic E-state index is -0.846. The molecule has 2 aromatic heterocycles. The third-order valence-electron chi connectivity index (χ3n) is 4.86. The quantitative estimate of drug-likeness (QED) is 0.443. The molecule has 164 valence electrons. The number of ketones is 1. The number of Topliss-reactive ketones (excluding diaryl/α,β-unsaturated/α-hetero) is 1. The number of hydrogen-bond donors (Lipinski definition) is 3. The maximum Gasteiger partial charge on any atom is 0.355 e. The lowest BCUT2D eigenvalue weighted by Crippen LogP contribution is -2.43. The second-order valence-electron chi connectivity index (χ2n) is 7.75. The lowest BCUT2D eigenvalue weighted by Gasteiger charge is -2.16. The van der Waals surface area contributed by atoms with Gasteiger partial charge in [0.1, 0.15) is 17.1 Å². The summed E-state index contributed by atoms with van der Waals surface area (Å²) in [4.78, 5) is 52.7. The molecule has 2 rings (SSSR count). The van der Waals surface area contributed by atoms with E-state index in [4.69, 9.17) is 10.5 Å². The molecule has 0 spiro atoms. The Kier molecular flexibility index (Phi) is 6.71. The predicted molar refractivity (Wildman–Crippen MR) is 111 cm³/mol. The molecule has 30 heavy (non-hydrogen) atoms. The highest BCUT2D eigenvalue weighted by molar-refractivity contribution is 6.02. The molecule has 0 amide bonds. The van der Waals surface area contributed by atoms with E-state index in [-0.39, 0.29) is 24.0 Å². The molecule has 4 N–H and O–H groups in total. The van der Waals surface area contributed by atoms with Gasteiger partial charge in [0.05, 0.1) is 6.10 Å². The van der Waals surface area contributed by atoms with Crippen LogP contribution in [0.15, 0.2) is 9.59 Å². The SMILES string of the molecule is Cc1[nH]c(C(=O)OCC(=O)c2c(N)n(CC(C)C)c(=O)n(C)c2=O)c(C)c1[C@@H](C)O. The molecule has 0 unspecified atom stereocenters. The standard InChI is InChI=1S/C20H28N4O6/c1-9(2)7-24-17(21)15(18(27)23(6)20(24)29)13(26)8-30-19(28)16-10(3)14(12(5)25)11(4)22-16/h9,12,22,25H,7-8,21H2,1-6H3/t12-/m1/s1. The molecule has 10 nitrogen and oxygen atoms in total. The summed E-state index contributed by atoms with van der Waals surface area (Å²) in [5, 5.41) is 9.84. The van der Waals surface area contributed by atoms with Crippen molar-refractivity contribution in [2.45, 2.75) is 47.3 Å². The fraction of sp³-hybridized carbons (Fsp3) is 0.500. The summed E-state index contributed by atoms with van der Waals surface area (Å²) in [7, 11) is 1.26. The van der Waals surface area contributed by atoms with Gasteiger partial charge in [-0.2, -0.15) is 0 Å². The number of aromatic amines is 1. The highest BCUT2D eigenvalue weighted by atomic mass is 16.5. The highest BCUT2D eigenvalue weighted by Gasteiger charge is 2.25. The molecule has 0 aliphatic rings. The molecule has 1 atom stereocenters. The summed E-state index contributed by atoms with van der Waals surface area (Å²) in [6, 6.07) is 0. The Labute approximate surface area is 173 Å². The molecule has 10 heteroatoms. The number of nitrogens with zero attached hydrogens (tertiary/aromatic N) is 2. The van der Waals surface area contributed by atoms with Crippen molar-refractivity contribution in [3.63, 3.8) is 0 Å². The largest absolute Gasteiger partial charge is 0.453 e. The highest BCUT2D eigenvalue weighted by Crippen LogP contribution is 2.24. The third-order valence-corrected chi connectivity index (χ3v) is 4.86. The van der Waals surface area contributed by atoms with Gasteiger partial charge in [0.2, 0.25) is 5.78 Å². The second kappa shape index (κ2) is 8.70. The van der Waals surface area contributed by atoms with Crippen molar-refractivity contribution >= 4 is 17.6 Å². The van der Waals surface area contributed by atoms with Gasteiger partial charge in [0.25, 0.3) is 5.56 Å². The van der Waals surface area contributed by atoms with Crippen molar-refractivity contribution in [2.24, 2.45) is 13.0 Å². The number of anilines is 1. The lowest BCUT2D eigenvalue weighted by atomic mass is 10.1. The number of nitrogens with one attached hydrogen (secondary N) is 1. The molecule has 0 fully saturated rings. The van der Waals surface area contributed by atoms with E-state index < -0.39 is 41.3 Å². The van der Waals surface area contributed by atoms with Crippen molar-refractivity contribution < 1.29 is 19.4 Å². The number of carbonyl (C=O) groups excluding carboxylic acids is 2. The number of hydrogen-bond acceptors (Lipinski definition) is 7. The number of carbonyl (C=O) groups is 2. The third kappa shape index (κ3) is 4.23. The van der Waals surface area contributed by atoms with Crippen molar-refractivity contribution in [3.8, 4) is 0 Å². The smallest absolute Gasteiger partial charge is 0.355 e. The molecule has 0 saturated carbocycles. The summed E-state index contributed by atoms with van der Waals surface area (Å²) in [5.74, 6) is -1.82. The maximum atomic E-state index is 12.7. The van der Waals surface area contributed by atoms with Gasteiger partial charge in [0.15, 0.2) is 6.61 Å². The first-order valence-electron chi connectivity index (χ1n) is 9.55. The zero-order valence-corrected chi connectivity index (χ0v) is 18.0. The molecule has 0 aliphatic carbocycles. The van der Waals surface area contributed by atoms with Crippen LogP contribution in [0.5, 0.6) is 0 Å². The summed E-state index contributed by atoms with van der Waals surface area (Å²) in [6.07, 6.45) is -0.783. The number of H-pyrrole nitrogens is 1. The Bertz CT molecular complexity index is 1100. The monoisotopic (exact) mass is 420 g/mol. The zero-order chi connectivity index (χ0) is 22.9. The Morgan fingerprint density at radius 3 is 2.30 bits per heavy atom. The summed E-state index contributed by atoms with van der Waals surface area (Å²) >= 11 is 0. The van der Waals surface area contributed by atoms with E-state index in [2.05, 4.69) is 4.98 Å². The minimum absolute atomic E-state index is 0.0467. The first-order chi connectivity index (χ1) is 13.9. The Balaban J connectivity index is 2.32. The number of rotatable bonds is 7. The van der Waals surface area contributed by atoms with E-state index >= 15 is 0 Å². The number of ether oxygens (including phenoxy) is 1. The summed E-state index contributed by atoms with van der Waals surface area (Å²) in [5.41, 5.74) is 5.91. The fourth-order valence-corrected chi connectivity index (χ4v) is 3.46. The second-order valence-corrected chi connectivity index (χ2v) is 7.75. The van der Waals surface area contributed by atoms with Gasteiger partial charge in [-0.15, -0.1) is 0 Å². The van der Waals surface area contributed by atoms with Crippen molar-refractivity contribution in [3.05, 3.63) is 48.9 Å². The Hall–Kier alpha value is -3.14. The van der Waals surface area contributed by atoms with E-state index in [1.54, 1.807) is 20.8 Å². The molecule has 2 heterocycles. The molecule has 0 saturated heterocycles. The van der Waals surface area contributed by atoms with Gasteiger partial charge in [-0.05, 0) is 32.3 Å². The number of aliphatic hydroxyl groups excluding tert-OH is 1. The molecular weight excluding hydrogens is 392 g/mol. The van der Waals surface area contributed by atoms with Crippen molar-refractivity contribution in [2.75, 3.05) is 12.3 Å². The van der Waals surface area contributed by atoms with Gasteiger partial charge < -0.3 is 20.6 Å². The normalized spacial score (nSPS) is 12.3. The molecular formula is C20H28N4O6. The average Bonchev–Trinajstić information content (AvgIpc) is 2.96. The molecule has 0 aromatic carbocycles. The van der Waals surface area contributed by atoms with Crippen LogP contribution >= 0.6 is 0 Å². The van der Waals surface area contributed by atoms with Crippen LogP contribution in [0.4, 0.5) is 5.82 Å². The van der Waals surface area contributed by atoms with Gasteiger partial charge in [-0.3, -0.25) is 18.7 Å². The van der Waals surface area contributed by atoms with Crippen LogP contribution in [-0.2, 0) is 18.3 Å². The van der Waals surface area contributed by atoms with Crippen LogP contribution in [0.2, 0.25) is 0 Å². The van der Waals surface area contributed by atoms with E-state index in [1.165, 1.54) is 7.05 Å². The van der Waals surface area contributed by atoms with E-state index in [0.29, 0.717) is 16.8 Å². The van der Waals surface area contributed by atoms with E-state index in [9.17, 15) is 24.3 Å². The van der Waals surface area contributed by atoms with Gasteiger partial charge in [-0.1, -0.05) is 13.8 Å². The van der Waals surface area contributed by atoms with Crippen molar-refractivity contribution in [1.82, 2.24) is 14.1 Å². The van der Waals surface area contributed by atoms with Crippen LogP contribution in [-0.4, -0.2) is 37.6 Å². The summed E-state index contributed by atoms with van der Waals surface area (Å²) < 4.78 is 7.05. The van der Waals surface area contributed by atoms with Crippen LogP contribution < -0.4 is 17.0 Å². The van der Waals surface area contributed by atoms with Gasteiger partial charge in [-0.25, -0.2) is 9.59 Å². The number of aromatic nitrogens is 3.